The lowest BCUT2D eigenvalue weighted by atomic mass is 10.2. The number of amides is 1. The standard InChI is InChI=1S/C23H26N6OS/c1-16-21(31-23(26-16)19-4-2-3-9-24-19)22(30)27-20-8-5-17(14-25-20)15-28-10-12-29(13-11-28)18-6-7-18/h2-5,8-9,14,18H,6-7,10-13,15H2,1H3,(H,25,27,30). The van der Waals surface area contributed by atoms with Crippen LogP contribution in [0.3, 0.4) is 0 Å². The van der Waals surface area contributed by atoms with Gasteiger partial charge in [0, 0.05) is 51.2 Å². The van der Waals surface area contributed by atoms with Gasteiger partial charge >= 0.3 is 0 Å². The highest BCUT2D eigenvalue weighted by atomic mass is 32.1. The van der Waals surface area contributed by atoms with Crippen LogP contribution >= 0.6 is 11.3 Å². The summed E-state index contributed by atoms with van der Waals surface area (Å²) in [6.45, 7) is 7.30. The molecule has 1 aliphatic carbocycles. The summed E-state index contributed by atoms with van der Waals surface area (Å²) in [6.07, 6.45) is 6.34. The second-order valence-electron chi connectivity index (χ2n) is 8.20. The van der Waals surface area contributed by atoms with E-state index in [1.807, 2.05) is 37.4 Å². The summed E-state index contributed by atoms with van der Waals surface area (Å²) >= 11 is 1.35. The smallest absolute Gasteiger partial charge is 0.268 e. The van der Waals surface area contributed by atoms with Crippen LogP contribution in [-0.2, 0) is 6.54 Å². The highest BCUT2D eigenvalue weighted by Gasteiger charge is 2.31. The number of rotatable bonds is 6. The fourth-order valence-electron chi connectivity index (χ4n) is 3.96. The van der Waals surface area contributed by atoms with Gasteiger partial charge in [-0.1, -0.05) is 12.1 Å². The summed E-state index contributed by atoms with van der Waals surface area (Å²) in [7, 11) is 0. The average molecular weight is 435 g/mol. The first-order valence-corrected chi connectivity index (χ1v) is 11.6. The van der Waals surface area contributed by atoms with Gasteiger partial charge in [-0.2, -0.15) is 0 Å². The Balaban J connectivity index is 1.18. The SMILES string of the molecule is Cc1nc(-c2ccccn2)sc1C(=O)Nc1ccc(CN2CCN(C3CC3)CC2)cn1. The molecular weight excluding hydrogens is 408 g/mol. The zero-order chi connectivity index (χ0) is 21.2. The molecule has 1 aliphatic heterocycles. The maximum Gasteiger partial charge on any atom is 0.268 e. The van der Waals surface area contributed by atoms with Gasteiger partial charge in [0.25, 0.3) is 5.91 Å². The summed E-state index contributed by atoms with van der Waals surface area (Å²) in [4.78, 5) is 31.7. The molecule has 7 nitrogen and oxygen atoms in total. The van der Waals surface area contributed by atoms with Crippen molar-refractivity contribution in [3.8, 4) is 10.7 Å². The van der Waals surface area contributed by atoms with Crippen LogP contribution < -0.4 is 5.32 Å². The number of nitrogens with zero attached hydrogens (tertiary/aromatic N) is 5. The molecule has 4 heterocycles. The minimum Gasteiger partial charge on any atom is -0.306 e. The number of carbonyl (C=O) groups excluding carboxylic acids is 1. The number of hydrogen-bond acceptors (Lipinski definition) is 7. The van der Waals surface area contributed by atoms with Gasteiger partial charge < -0.3 is 5.32 Å². The van der Waals surface area contributed by atoms with E-state index >= 15 is 0 Å². The van der Waals surface area contributed by atoms with E-state index in [1.54, 1.807) is 6.20 Å². The Bertz CT molecular complexity index is 1040. The molecule has 0 aromatic carbocycles. The van der Waals surface area contributed by atoms with Crippen LogP contribution in [-0.4, -0.2) is 62.9 Å². The molecular formula is C23H26N6OS. The number of pyridine rings is 2. The molecule has 1 N–H and O–H groups in total. The summed E-state index contributed by atoms with van der Waals surface area (Å²) in [5.74, 6) is 0.369. The average Bonchev–Trinajstić information content (AvgIpc) is 3.57. The number of carbonyl (C=O) groups is 1. The van der Waals surface area contributed by atoms with Gasteiger partial charge in [-0.25, -0.2) is 9.97 Å². The van der Waals surface area contributed by atoms with Crippen molar-refractivity contribution < 1.29 is 4.79 Å². The summed E-state index contributed by atoms with van der Waals surface area (Å²) in [6, 6.07) is 10.5. The minimum atomic E-state index is -0.186. The fourth-order valence-corrected chi connectivity index (χ4v) is 4.89. The van der Waals surface area contributed by atoms with E-state index in [0.717, 1.165) is 36.4 Å². The van der Waals surface area contributed by atoms with Gasteiger partial charge in [-0.05, 0) is 43.5 Å². The van der Waals surface area contributed by atoms with E-state index in [1.165, 1.54) is 42.8 Å². The summed E-state index contributed by atoms with van der Waals surface area (Å²) < 4.78 is 0. The predicted molar refractivity (Wildman–Crippen MR) is 122 cm³/mol. The van der Waals surface area contributed by atoms with Crippen LogP contribution in [0.4, 0.5) is 5.82 Å². The van der Waals surface area contributed by atoms with Crippen LogP contribution in [0.15, 0.2) is 42.7 Å². The molecule has 3 aromatic rings. The number of aromatic nitrogens is 3. The molecule has 8 heteroatoms. The Labute approximate surface area is 186 Å². The molecule has 2 aliphatic rings. The van der Waals surface area contributed by atoms with Crippen molar-refractivity contribution in [3.63, 3.8) is 0 Å². The first-order valence-electron chi connectivity index (χ1n) is 10.8. The van der Waals surface area contributed by atoms with Crippen LogP contribution in [0.25, 0.3) is 10.7 Å². The van der Waals surface area contributed by atoms with Gasteiger partial charge in [0.1, 0.15) is 15.7 Å². The van der Waals surface area contributed by atoms with Crippen LogP contribution in [0.2, 0.25) is 0 Å². The molecule has 0 atom stereocenters. The van der Waals surface area contributed by atoms with Gasteiger partial charge in [-0.3, -0.25) is 19.6 Å². The maximum absolute atomic E-state index is 12.8. The predicted octanol–water partition coefficient (Wildman–Crippen LogP) is 3.44. The van der Waals surface area contributed by atoms with Crippen LogP contribution in [0.5, 0.6) is 0 Å². The Morgan fingerprint density at radius 2 is 1.97 bits per heavy atom. The fraction of sp³-hybridized carbons (Fsp3) is 0.391. The van der Waals surface area contributed by atoms with E-state index in [2.05, 4.69) is 36.1 Å². The molecule has 2 fully saturated rings. The Morgan fingerprint density at radius 1 is 1.13 bits per heavy atom. The summed E-state index contributed by atoms with van der Waals surface area (Å²) in [5, 5.41) is 3.64. The lowest BCUT2D eigenvalue weighted by molar-refractivity contribution is 0.102. The first kappa shape index (κ1) is 20.2. The van der Waals surface area contributed by atoms with E-state index in [4.69, 9.17) is 0 Å². The van der Waals surface area contributed by atoms with Gasteiger partial charge in [0.15, 0.2) is 0 Å². The van der Waals surface area contributed by atoms with Crippen molar-refractivity contribution in [2.75, 3.05) is 31.5 Å². The van der Waals surface area contributed by atoms with Crippen molar-refractivity contribution in [2.45, 2.75) is 32.4 Å². The number of piperazine rings is 1. The van der Waals surface area contributed by atoms with Gasteiger partial charge in [0.2, 0.25) is 0 Å². The van der Waals surface area contributed by atoms with E-state index in [9.17, 15) is 4.79 Å². The molecule has 0 unspecified atom stereocenters. The lowest BCUT2D eigenvalue weighted by Crippen LogP contribution is -2.46. The molecule has 1 amide bonds. The third-order valence-electron chi connectivity index (χ3n) is 5.83. The van der Waals surface area contributed by atoms with Crippen LogP contribution in [0, 0.1) is 6.92 Å². The molecule has 31 heavy (non-hydrogen) atoms. The van der Waals surface area contributed by atoms with Crippen molar-refractivity contribution in [2.24, 2.45) is 0 Å². The largest absolute Gasteiger partial charge is 0.306 e. The zero-order valence-electron chi connectivity index (χ0n) is 17.6. The quantitative estimate of drug-likeness (QED) is 0.641. The number of anilines is 1. The summed E-state index contributed by atoms with van der Waals surface area (Å²) in [5.41, 5.74) is 2.64. The molecule has 5 rings (SSSR count). The van der Waals surface area contributed by atoms with Crippen molar-refractivity contribution in [1.82, 2.24) is 24.8 Å². The molecule has 3 aromatic heterocycles. The molecule has 1 saturated heterocycles. The Kier molecular flexibility index (Phi) is 5.76. The maximum atomic E-state index is 12.8. The molecule has 0 bridgehead atoms. The number of thiazole rings is 1. The zero-order valence-corrected chi connectivity index (χ0v) is 18.4. The first-order chi connectivity index (χ1) is 15.2. The van der Waals surface area contributed by atoms with E-state index in [-0.39, 0.29) is 5.91 Å². The van der Waals surface area contributed by atoms with Crippen molar-refractivity contribution in [3.05, 3.63) is 58.9 Å². The number of aryl methyl sites for hydroxylation is 1. The van der Waals surface area contributed by atoms with E-state index < -0.39 is 0 Å². The number of hydrogen-bond donors (Lipinski definition) is 1. The second kappa shape index (κ2) is 8.82. The van der Waals surface area contributed by atoms with Crippen molar-refractivity contribution in [1.29, 1.82) is 0 Å². The normalized spacial score (nSPS) is 17.6. The molecule has 160 valence electrons. The monoisotopic (exact) mass is 434 g/mol. The minimum absolute atomic E-state index is 0.186. The topological polar surface area (TPSA) is 74.2 Å². The lowest BCUT2D eigenvalue weighted by Gasteiger charge is -2.34. The van der Waals surface area contributed by atoms with Gasteiger partial charge in [-0.15, -0.1) is 11.3 Å². The highest BCUT2D eigenvalue weighted by Crippen LogP contribution is 2.28. The third-order valence-corrected chi connectivity index (χ3v) is 7.01. The number of nitrogens with one attached hydrogen (secondary N) is 1. The molecule has 0 radical (unpaired) electrons. The van der Waals surface area contributed by atoms with Crippen LogP contribution in [0.1, 0.15) is 33.8 Å². The highest BCUT2D eigenvalue weighted by molar-refractivity contribution is 7.17. The second-order valence-corrected chi connectivity index (χ2v) is 9.20. The Morgan fingerprint density at radius 3 is 2.65 bits per heavy atom. The van der Waals surface area contributed by atoms with Gasteiger partial charge in [0.05, 0.1) is 11.4 Å². The molecule has 1 saturated carbocycles. The third kappa shape index (κ3) is 4.81. The van der Waals surface area contributed by atoms with E-state index in [0.29, 0.717) is 16.4 Å². The molecule has 0 spiro atoms. The van der Waals surface area contributed by atoms with Crippen molar-refractivity contribution >= 4 is 23.1 Å². The Hall–Kier alpha value is -2.68.